The van der Waals surface area contributed by atoms with E-state index in [4.69, 9.17) is 9.47 Å². The zero-order valence-corrected chi connectivity index (χ0v) is 13.7. The van der Waals surface area contributed by atoms with Gasteiger partial charge in [-0.15, -0.1) is 0 Å². The molecule has 1 aromatic carbocycles. The highest BCUT2D eigenvalue weighted by molar-refractivity contribution is 5.91. The van der Waals surface area contributed by atoms with E-state index in [1.807, 2.05) is 32.4 Å². The van der Waals surface area contributed by atoms with E-state index in [-0.39, 0.29) is 0 Å². The van der Waals surface area contributed by atoms with Crippen molar-refractivity contribution in [1.29, 1.82) is 0 Å². The minimum atomic E-state index is -0.782. The van der Waals surface area contributed by atoms with Crippen LogP contribution in [0.15, 0.2) is 48.9 Å². The second-order valence-corrected chi connectivity index (χ2v) is 5.69. The first-order valence-electron chi connectivity index (χ1n) is 7.67. The molecule has 3 rings (SSSR count). The van der Waals surface area contributed by atoms with E-state index >= 15 is 0 Å². The maximum Gasteiger partial charge on any atom is 0.519 e. The van der Waals surface area contributed by atoms with Crippen molar-refractivity contribution >= 4 is 17.1 Å². The minimum absolute atomic E-state index is 0.344. The smallest absolute Gasteiger partial charge is 0.394 e. The lowest BCUT2D eigenvalue weighted by molar-refractivity contribution is 0.152. The number of likely N-dealkylation sites (N-methyl/N-ethyl adjacent to an activating group) is 1. The molecule has 6 nitrogen and oxygen atoms in total. The number of fused-ring (bicyclic) bond motifs is 1. The second kappa shape index (κ2) is 7.14. The molecule has 3 aromatic rings. The number of ether oxygens (including phenoxy) is 2. The van der Waals surface area contributed by atoms with E-state index < -0.39 is 6.16 Å². The molecule has 24 heavy (non-hydrogen) atoms. The van der Waals surface area contributed by atoms with Gasteiger partial charge in [0, 0.05) is 29.8 Å². The summed E-state index contributed by atoms with van der Waals surface area (Å²) in [5, 5.41) is 0.905. The number of pyridine rings is 1. The number of nitrogens with zero attached hydrogens (tertiary/aromatic N) is 2. The van der Waals surface area contributed by atoms with Gasteiger partial charge in [-0.05, 0) is 50.3 Å². The Labute approximate surface area is 140 Å². The van der Waals surface area contributed by atoms with Gasteiger partial charge in [0.25, 0.3) is 0 Å². The molecule has 2 heterocycles. The molecule has 0 aliphatic heterocycles. The van der Waals surface area contributed by atoms with Gasteiger partial charge in [-0.2, -0.15) is 0 Å². The Morgan fingerprint density at radius 1 is 1.21 bits per heavy atom. The Kier molecular flexibility index (Phi) is 4.77. The first-order chi connectivity index (χ1) is 11.6. The lowest BCUT2D eigenvalue weighted by atomic mass is 10.1. The number of rotatable bonds is 5. The van der Waals surface area contributed by atoms with Crippen molar-refractivity contribution in [2.75, 3.05) is 20.6 Å². The fourth-order valence-electron chi connectivity index (χ4n) is 2.46. The fraction of sp³-hybridized carbons (Fsp3) is 0.222. The SMILES string of the molecule is CN(C)CCc1c[nH]c2cccc(OC(=O)Oc3cccnc3)c12. The van der Waals surface area contributed by atoms with Gasteiger partial charge >= 0.3 is 6.16 Å². The van der Waals surface area contributed by atoms with Crippen LogP contribution in [0.25, 0.3) is 10.9 Å². The highest BCUT2D eigenvalue weighted by Gasteiger charge is 2.14. The summed E-state index contributed by atoms with van der Waals surface area (Å²) >= 11 is 0. The van der Waals surface area contributed by atoms with Crippen molar-refractivity contribution in [2.45, 2.75) is 6.42 Å². The molecule has 1 N–H and O–H groups in total. The van der Waals surface area contributed by atoms with Gasteiger partial charge in [-0.1, -0.05) is 6.07 Å². The maximum atomic E-state index is 12.0. The Bertz CT molecular complexity index is 828. The molecular weight excluding hydrogens is 306 g/mol. The Morgan fingerprint density at radius 3 is 2.83 bits per heavy atom. The molecule has 0 spiro atoms. The second-order valence-electron chi connectivity index (χ2n) is 5.69. The molecule has 124 valence electrons. The van der Waals surface area contributed by atoms with Crippen molar-refractivity contribution in [3.8, 4) is 11.5 Å². The van der Waals surface area contributed by atoms with Gasteiger partial charge in [0.05, 0.1) is 6.20 Å². The van der Waals surface area contributed by atoms with Gasteiger partial charge in [0.2, 0.25) is 0 Å². The number of aromatic amines is 1. The standard InChI is InChI=1S/C18H19N3O3/c1-21(2)10-8-13-11-20-15-6-3-7-16(17(13)15)24-18(22)23-14-5-4-9-19-12-14/h3-7,9,11-12,20H,8,10H2,1-2H3. The predicted octanol–water partition coefficient (Wildman–Crippen LogP) is 3.24. The summed E-state index contributed by atoms with van der Waals surface area (Å²) in [4.78, 5) is 21.3. The van der Waals surface area contributed by atoms with Gasteiger partial charge in [0.15, 0.2) is 5.75 Å². The zero-order chi connectivity index (χ0) is 16.9. The fourth-order valence-corrected chi connectivity index (χ4v) is 2.46. The third-order valence-corrected chi connectivity index (χ3v) is 3.61. The highest BCUT2D eigenvalue weighted by atomic mass is 16.7. The highest BCUT2D eigenvalue weighted by Crippen LogP contribution is 2.29. The number of carbonyl (C=O) groups is 1. The molecule has 0 saturated carbocycles. The van der Waals surface area contributed by atoms with E-state index in [1.165, 1.54) is 6.20 Å². The van der Waals surface area contributed by atoms with Crippen LogP contribution in [0.1, 0.15) is 5.56 Å². The Hall–Kier alpha value is -2.86. The average molecular weight is 325 g/mol. The van der Waals surface area contributed by atoms with Crippen LogP contribution < -0.4 is 9.47 Å². The van der Waals surface area contributed by atoms with Crippen LogP contribution in [0.3, 0.4) is 0 Å². The largest absolute Gasteiger partial charge is 0.519 e. The molecule has 0 radical (unpaired) electrons. The summed E-state index contributed by atoms with van der Waals surface area (Å²) in [6.45, 7) is 0.904. The molecule has 6 heteroatoms. The number of aromatic nitrogens is 2. The first-order valence-corrected chi connectivity index (χ1v) is 7.67. The predicted molar refractivity (Wildman–Crippen MR) is 91.4 cm³/mol. The van der Waals surface area contributed by atoms with Crippen LogP contribution in [-0.2, 0) is 6.42 Å². The van der Waals surface area contributed by atoms with E-state index in [0.717, 1.165) is 29.4 Å². The summed E-state index contributed by atoms with van der Waals surface area (Å²) < 4.78 is 10.6. The van der Waals surface area contributed by atoms with Gasteiger partial charge in [-0.3, -0.25) is 4.98 Å². The number of hydrogen-bond donors (Lipinski definition) is 1. The molecule has 0 unspecified atom stereocenters. The van der Waals surface area contributed by atoms with Crippen LogP contribution >= 0.6 is 0 Å². The number of H-pyrrole nitrogens is 1. The van der Waals surface area contributed by atoms with E-state index in [1.54, 1.807) is 24.4 Å². The third kappa shape index (κ3) is 3.72. The molecule has 0 atom stereocenters. The van der Waals surface area contributed by atoms with Crippen molar-refractivity contribution in [1.82, 2.24) is 14.9 Å². The van der Waals surface area contributed by atoms with Crippen LogP contribution in [0.2, 0.25) is 0 Å². The quantitative estimate of drug-likeness (QED) is 0.576. The van der Waals surface area contributed by atoms with Crippen LogP contribution in [0.4, 0.5) is 4.79 Å². The molecule has 0 aliphatic carbocycles. The zero-order valence-electron chi connectivity index (χ0n) is 13.7. The average Bonchev–Trinajstić information content (AvgIpc) is 2.98. The molecule has 0 fully saturated rings. The molecule has 2 aromatic heterocycles. The lowest BCUT2D eigenvalue weighted by Gasteiger charge is -2.10. The lowest BCUT2D eigenvalue weighted by Crippen LogP contribution is -2.15. The third-order valence-electron chi connectivity index (χ3n) is 3.61. The van der Waals surface area contributed by atoms with Crippen molar-refractivity contribution in [2.24, 2.45) is 0 Å². The molecular formula is C18H19N3O3. The first kappa shape index (κ1) is 16.0. The van der Waals surface area contributed by atoms with Gasteiger partial charge in [-0.25, -0.2) is 4.79 Å². The van der Waals surface area contributed by atoms with E-state index in [2.05, 4.69) is 14.9 Å². The summed E-state index contributed by atoms with van der Waals surface area (Å²) in [7, 11) is 4.05. The van der Waals surface area contributed by atoms with E-state index in [9.17, 15) is 4.79 Å². The topological polar surface area (TPSA) is 67.5 Å². The van der Waals surface area contributed by atoms with Crippen molar-refractivity contribution in [3.63, 3.8) is 0 Å². The van der Waals surface area contributed by atoms with Crippen LogP contribution in [-0.4, -0.2) is 41.7 Å². The van der Waals surface area contributed by atoms with Gasteiger partial charge < -0.3 is 19.4 Å². The van der Waals surface area contributed by atoms with Crippen LogP contribution in [0.5, 0.6) is 11.5 Å². The summed E-state index contributed by atoms with van der Waals surface area (Å²) in [6, 6.07) is 8.89. The Morgan fingerprint density at radius 2 is 2.08 bits per heavy atom. The van der Waals surface area contributed by atoms with Crippen molar-refractivity contribution < 1.29 is 14.3 Å². The van der Waals surface area contributed by atoms with Gasteiger partial charge in [0.1, 0.15) is 5.75 Å². The number of nitrogens with one attached hydrogen (secondary N) is 1. The molecule has 0 amide bonds. The molecule has 0 aliphatic rings. The number of hydrogen-bond acceptors (Lipinski definition) is 5. The van der Waals surface area contributed by atoms with Crippen LogP contribution in [0, 0.1) is 0 Å². The Balaban J connectivity index is 1.80. The monoisotopic (exact) mass is 325 g/mol. The normalized spacial score (nSPS) is 11.0. The van der Waals surface area contributed by atoms with Crippen molar-refractivity contribution in [3.05, 3.63) is 54.5 Å². The molecule has 0 bridgehead atoms. The summed E-state index contributed by atoms with van der Waals surface area (Å²) in [5.41, 5.74) is 2.03. The van der Waals surface area contributed by atoms with E-state index in [0.29, 0.717) is 11.5 Å². The minimum Gasteiger partial charge on any atom is -0.394 e. The summed E-state index contributed by atoms with van der Waals surface area (Å²) in [6.07, 6.45) is 5.09. The maximum absolute atomic E-state index is 12.0. The molecule has 0 saturated heterocycles. The summed E-state index contributed by atoms with van der Waals surface area (Å²) in [5.74, 6) is 0.827. The number of benzene rings is 1. The number of carbonyl (C=O) groups excluding carboxylic acids is 1.